The molecule has 2 fully saturated rings. The summed E-state index contributed by atoms with van der Waals surface area (Å²) < 4.78 is 14.2. The Kier molecular flexibility index (Phi) is 7.52. The molecular weight excluding hydrogens is 601 g/mol. The molecular formula is C34H32FN9O3. The third-order valence-electron chi connectivity index (χ3n) is 9.94. The lowest BCUT2D eigenvalue weighted by molar-refractivity contribution is -0.131. The van der Waals surface area contributed by atoms with Crippen molar-refractivity contribution in [3.63, 3.8) is 0 Å². The highest BCUT2D eigenvalue weighted by Gasteiger charge is 2.54. The number of aromatic amines is 1. The van der Waals surface area contributed by atoms with Gasteiger partial charge in [-0.1, -0.05) is 24.3 Å². The Hall–Kier alpha value is -5.48. The van der Waals surface area contributed by atoms with Crippen molar-refractivity contribution in [2.24, 2.45) is 17.4 Å². The van der Waals surface area contributed by atoms with Gasteiger partial charge in [-0.25, -0.2) is 9.49 Å². The van der Waals surface area contributed by atoms with Gasteiger partial charge in [-0.15, -0.1) is 5.10 Å². The van der Waals surface area contributed by atoms with Crippen LogP contribution in [0.5, 0.6) is 0 Å². The number of H-pyrrole nitrogens is 1. The van der Waals surface area contributed by atoms with Crippen molar-refractivity contribution >= 4 is 17.7 Å². The lowest BCUT2D eigenvalue weighted by Crippen LogP contribution is -2.45. The van der Waals surface area contributed by atoms with Crippen molar-refractivity contribution in [3.8, 4) is 6.07 Å². The molecule has 6 N–H and O–H groups in total. The Morgan fingerprint density at radius 1 is 1.00 bits per heavy atom. The number of hydrogen-bond donors (Lipinski definition) is 4. The van der Waals surface area contributed by atoms with Gasteiger partial charge >= 0.3 is 0 Å². The first kappa shape index (κ1) is 30.2. The fourth-order valence-corrected chi connectivity index (χ4v) is 7.61. The summed E-state index contributed by atoms with van der Waals surface area (Å²) in [5.41, 5.74) is 14.9. The molecule has 2 heterocycles. The van der Waals surface area contributed by atoms with E-state index in [1.165, 1.54) is 12.1 Å². The van der Waals surface area contributed by atoms with Crippen LogP contribution in [0.4, 0.5) is 4.39 Å². The molecule has 1 saturated carbocycles. The van der Waals surface area contributed by atoms with Crippen LogP contribution in [0.25, 0.3) is 0 Å². The van der Waals surface area contributed by atoms with E-state index in [1.54, 1.807) is 41.3 Å². The highest BCUT2D eigenvalue weighted by molar-refractivity contribution is 5.94. The minimum atomic E-state index is -1.11. The van der Waals surface area contributed by atoms with E-state index in [9.17, 15) is 24.0 Å². The maximum atomic E-state index is 14.2. The van der Waals surface area contributed by atoms with Crippen LogP contribution >= 0.6 is 0 Å². The van der Waals surface area contributed by atoms with Crippen molar-refractivity contribution in [3.05, 3.63) is 111 Å². The number of carbonyl (C=O) groups is 3. The molecule has 238 valence electrons. The van der Waals surface area contributed by atoms with Crippen LogP contribution in [-0.4, -0.2) is 61.9 Å². The van der Waals surface area contributed by atoms with Gasteiger partial charge < -0.3 is 21.7 Å². The number of aromatic nitrogens is 4. The predicted molar refractivity (Wildman–Crippen MR) is 166 cm³/mol. The number of likely N-dealkylation sites (tertiary alicyclic amines) is 1. The third kappa shape index (κ3) is 5.30. The average molecular weight is 634 g/mol. The fourth-order valence-electron chi connectivity index (χ4n) is 7.61. The molecule has 1 unspecified atom stereocenters. The van der Waals surface area contributed by atoms with Crippen molar-refractivity contribution in [1.29, 1.82) is 5.26 Å². The van der Waals surface area contributed by atoms with E-state index in [2.05, 4.69) is 32.0 Å². The minimum absolute atomic E-state index is 0.0604. The molecule has 47 heavy (non-hydrogen) atoms. The van der Waals surface area contributed by atoms with Gasteiger partial charge in [0, 0.05) is 23.2 Å². The lowest BCUT2D eigenvalue weighted by Gasteiger charge is -2.38. The number of halogens is 1. The zero-order valence-electron chi connectivity index (χ0n) is 25.3. The van der Waals surface area contributed by atoms with E-state index in [0.717, 1.165) is 28.7 Å². The summed E-state index contributed by atoms with van der Waals surface area (Å²) >= 11 is 0. The first-order valence-electron chi connectivity index (χ1n) is 15.5. The number of hydrogen-bond acceptors (Lipinski definition) is 8. The summed E-state index contributed by atoms with van der Waals surface area (Å²) in [5.74, 6) is -0.967. The zero-order valence-corrected chi connectivity index (χ0v) is 25.3. The second-order valence-corrected chi connectivity index (χ2v) is 12.6. The SMILES string of the molecule is N#CC1C[C@@H]2C[C@@H]2N1C(=O)CN[C@@H](CC1(c2nnn[nH]2)c2ccc(C(N)=O)cc2CCc2cc(C(N)=O)ccc21)c1ccc(F)cc1. The van der Waals surface area contributed by atoms with Gasteiger partial charge in [-0.3, -0.25) is 14.4 Å². The maximum Gasteiger partial charge on any atom is 0.248 e. The van der Waals surface area contributed by atoms with Gasteiger partial charge in [-0.05, 0) is 113 Å². The lowest BCUT2D eigenvalue weighted by atomic mass is 9.67. The summed E-state index contributed by atoms with van der Waals surface area (Å²) in [6.07, 6.45) is 2.85. The maximum absolute atomic E-state index is 14.2. The summed E-state index contributed by atoms with van der Waals surface area (Å²) in [4.78, 5) is 39.8. The van der Waals surface area contributed by atoms with Gasteiger partial charge in [-0.2, -0.15) is 5.26 Å². The van der Waals surface area contributed by atoms with Crippen molar-refractivity contribution in [2.45, 2.75) is 55.6 Å². The van der Waals surface area contributed by atoms with Gasteiger partial charge in [0.15, 0.2) is 5.82 Å². The van der Waals surface area contributed by atoms with Crippen LogP contribution in [0.15, 0.2) is 60.7 Å². The topological polar surface area (TPSA) is 197 Å². The molecule has 1 aliphatic heterocycles. The molecule has 2 aliphatic carbocycles. The van der Waals surface area contributed by atoms with Gasteiger partial charge in [0.1, 0.15) is 11.9 Å². The largest absolute Gasteiger partial charge is 0.366 e. The number of amides is 3. The first-order valence-corrected chi connectivity index (χ1v) is 15.5. The summed E-state index contributed by atoms with van der Waals surface area (Å²) in [7, 11) is 0. The predicted octanol–water partition coefficient (Wildman–Crippen LogP) is 2.20. The van der Waals surface area contributed by atoms with E-state index in [1.807, 2.05) is 12.1 Å². The van der Waals surface area contributed by atoms with Crippen LogP contribution in [0, 0.1) is 23.1 Å². The van der Waals surface area contributed by atoms with E-state index in [0.29, 0.717) is 47.7 Å². The Morgan fingerprint density at radius 2 is 1.64 bits per heavy atom. The molecule has 1 aromatic heterocycles. The third-order valence-corrected chi connectivity index (χ3v) is 9.94. The zero-order chi connectivity index (χ0) is 32.9. The fraction of sp³-hybridized carbons (Fsp3) is 0.324. The number of rotatable bonds is 9. The number of fused-ring (bicyclic) bond motifs is 3. The van der Waals surface area contributed by atoms with Gasteiger partial charge in [0.05, 0.1) is 18.0 Å². The van der Waals surface area contributed by atoms with Gasteiger partial charge in [0.25, 0.3) is 0 Å². The minimum Gasteiger partial charge on any atom is -0.366 e. The van der Waals surface area contributed by atoms with E-state index in [-0.39, 0.29) is 24.9 Å². The number of aryl methyl sites for hydroxylation is 2. The molecule has 0 radical (unpaired) electrons. The number of primary amides is 2. The monoisotopic (exact) mass is 633 g/mol. The molecule has 4 aromatic rings. The highest BCUT2D eigenvalue weighted by atomic mass is 19.1. The van der Waals surface area contributed by atoms with Crippen molar-refractivity contribution in [2.75, 3.05) is 6.54 Å². The molecule has 3 aliphatic rings. The van der Waals surface area contributed by atoms with Crippen LogP contribution in [0.3, 0.4) is 0 Å². The molecule has 3 aromatic carbocycles. The molecule has 7 rings (SSSR count). The highest BCUT2D eigenvalue weighted by Crippen LogP contribution is 2.50. The Morgan fingerprint density at radius 3 is 2.19 bits per heavy atom. The number of benzene rings is 3. The van der Waals surface area contributed by atoms with Crippen LogP contribution in [0.2, 0.25) is 0 Å². The molecule has 13 heteroatoms. The molecule has 3 amide bonds. The summed E-state index contributed by atoms with van der Waals surface area (Å²) in [6, 6.07) is 17.9. The molecule has 0 spiro atoms. The normalized spacial score (nSPS) is 21.0. The molecule has 4 atom stereocenters. The quantitative estimate of drug-likeness (QED) is 0.215. The van der Waals surface area contributed by atoms with E-state index < -0.39 is 35.1 Å². The van der Waals surface area contributed by atoms with Crippen molar-refractivity contribution in [1.82, 2.24) is 30.8 Å². The van der Waals surface area contributed by atoms with Crippen LogP contribution in [0.1, 0.15) is 79.7 Å². The Balaban J connectivity index is 1.38. The number of nitrogens with one attached hydrogen (secondary N) is 2. The second-order valence-electron chi connectivity index (χ2n) is 12.6. The van der Waals surface area contributed by atoms with Crippen LogP contribution < -0.4 is 16.8 Å². The van der Waals surface area contributed by atoms with Crippen LogP contribution in [-0.2, 0) is 23.1 Å². The molecule has 1 saturated heterocycles. The van der Waals surface area contributed by atoms with E-state index in [4.69, 9.17) is 11.5 Å². The summed E-state index contributed by atoms with van der Waals surface area (Å²) in [6.45, 7) is -0.0604. The number of nitrogens with two attached hydrogens (primary N) is 2. The standard InChI is InChI=1S/C34H32FN9O3/c35-24-7-3-18(4-8-24)28(39-17-30(45)44-25(16-36)13-23-14-29(23)44)15-34(33-40-42-43-41-33)26-9-5-21(31(37)46)11-19(26)1-2-20-12-22(32(38)47)6-10-27(20)34/h3-12,23,25,28-29,39H,1-2,13-15,17H2,(H2,37,46)(H2,38,47)(H,40,41,42,43)/t23-,25?,28+,29+/m1/s1. The Labute approximate surface area is 269 Å². The Bertz CT molecular complexity index is 1860. The second kappa shape index (κ2) is 11.7. The van der Waals surface area contributed by atoms with E-state index >= 15 is 0 Å². The molecule has 12 nitrogen and oxygen atoms in total. The smallest absolute Gasteiger partial charge is 0.248 e. The number of tetrazole rings is 1. The van der Waals surface area contributed by atoms with Crippen molar-refractivity contribution < 1.29 is 18.8 Å². The summed E-state index contributed by atoms with van der Waals surface area (Å²) in [5, 5.41) is 28.4. The number of nitriles is 1. The first-order chi connectivity index (χ1) is 22.7. The number of nitrogens with zero attached hydrogens (tertiary/aromatic N) is 5. The average Bonchev–Trinajstić information content (AvgIpc) is 3.45. The molecule has 0 bridgehead atoms. The van der Waals surface area contributed by atoms with Gasteiger partial charge in [0.2, 0.25) is 17.7 Å². The number of piperidine rings is 1. The number of carbonyl (C=O) groups excluding carboxylic acids is 3.